The number of aliphatic hydroxyl groups is 2. The van der Waals surface area contributed by atoms with Gasteiger partial charge in [0.15, 0.2) is 6.04 Å². The molecule has 0 radical (unpaired) electrons. The largest absolute Gasteiger partial charge is 0.481 e. The van der Waals surface area contributed by atoms with Crippen molar-refractivity contribution in [3.63, 3.8) is 0 Å². The number of nitrogens with one attached hydrogen (secondary N) is 3. The van der Waals surface area contributed by atoms with E-state index in [0.717, 1.165) is 6.92 Å². The molecule has 0 fully saturated rings. The van der Waals surface area contributed by atoms with Crippen molar-refractivity contribution in [1.82, 2.24) is 16.0 Å². The Balaban J connectivity index is 5.25. The van der Waals surface area contributed by atoms with Gasteiger partial charge in [0.1, 0.15) is 12.1 Å². The van der Waals surface area contributed by atoms with Gasteiger partial charge in [-0.25, -0.2) is 4.79 Å². The van der Waals surface area contributed by atoms with Gasteiger partial charge < -0.3 is 47.8 Å². The fourth-order valence-electron chi connectivity index (χ4n) is 2.43. The molecule has 0 spiro atoms. The predicted molar refractivity (Wildman–Crippen MR) is 105 cm³/mol. The molecule has 0 saturated carbocycles. The van der Waals surface area contributed by atoms with Crippen molar-refractivity contribution in [3.05, 3.63) is 0 Å². The molecule has 0 bridgehead atoms. The van der Waals surface area contributed by atoms with Gasteiger partial charge in [0.25, 0.3) is 0 Å². The number of rotatable bonds is 15. The molecule has 3 amide bonds. The van der Waals surface area contributed by atoms with E-state index in [1.165, 1.54) is 0 Å². The summed E-state index contributed by atoms with van der Waals surface area (Å²) in [7, 11) is 0. The van der Waals surface area contributed by atoms with Crippen LogP contribution in [-0.4, -0.2) is 93.5 Å². The van der Waals surface area contributed by atoms with Crippen molar-refractivity contribution in [2.75, 3.05) is 13.2 Å². The number of amides is 3. The third-order valence-electron chi connectivity index (χ3n) is 4.17. The van der Waals surface area contributed by atoms with E-state index in [4.69, 9.17) is 21.7 Å². The zero-order valence-corrected chi connectivity index (χ0v) is 17.1. The van der Waals surface area contributed by atoms with E-state index in [1.54, 1.807) is 0 Å². The van der Waals surface area contributed by atoms with E-state index in [1.807, 2.05) is 5.32 Å². The lowest BCUT2D eigenvalue weighted by atomic mass is 10.1. The molecule has 14 nitrogen and oxygen atoms in total. The molecule has 14 heteroatoms. The maximum atomic E-state index is 12.6. The Morgan fingerprint density at radius 2 is 1.45 bits per heavy atom. The highest BCUT2D eigenvalue weighted by Gasteiger charge is 2.31. The number of carbonyl (C=O) groups excluding carboxylic acids is 3. The van der Waals surface area contributed by atoms with Crippen LogP contribution in [0.1, 0.15) is 32.6 Å². The lowest BCUT2D eigenvalue weighted by Gasteiger charge is -2.24. The molecule has 0 aromatic rings. The summed E-state index contributed by atoms with van der Waals surface area (Å²) in [5, 5.41) is 43.1. The van der Waals surface area contributed by atoms with Crippen LogP contribution in [0.4, 0.5) is 0 Å². The van der Waals surface area contributed by atoms with Gasteiger partial charge in [-0.05, 0) is 32.7 Å². The van der Waals surface area contributed by atoms with Gasteiger partial charge in [-0.3, -0.25) is 19.2 Å². The SMILES string of the molecule is CC(O)C(NC(=O)C(CO)NC(=O)C(CCCCN)NC(=O)C(N)CC(=O)O)C(=O)O. The van der Waals surface area contributed by atoms with Crippen LogP contribution in [-0.2, 0) is 24.0 Å². The second kappa shape index (κ2) is 14.2. The minimum absolute atomic E-state index is 0.0831. The molecule has 11 N–H and O–H groups in total. The van der Waals surface area contributed by atoms with Gasteiger partial charge >= 0.3 is 11.9 Å². The second-order valence-corrected chi connectivity index (χ2v) is 6.86. The quantitative estimate of drug-likeness (QED) is 0.108. The van der Waals surface area contributed by atoms with Gasteiger partial charge in [0.05, 0.1) is 25.2 Å². The van der Waals surface area contributed by atoms with Crippen molar-refractivity contribution in [2.24, 2.45) is 11.5 Å². The van der Waals surface area contributed by atoms with E-state index in [2.05, 4.69) is 10.6 Å². The summed E-state index contributed by atoms with van der Waals surface area (Å²) in [4.78, 5) is 58.7. The number of nitrogens with two attached hydrogens (primary N) is 2. The van der Waals surface area contributed by atoms with Gasteiger partial charge in [-0.1, -0.05) is 0 Å². The number of aliphatic carboxylic acids is 2. The number of carboxylic acid groups (broad SMARTS) is 2. The van der Waals surface area contributed by atoms with E-state index < -0.39 is 73.0 Å². The number of unbranched alkanes of at least 4 members (excludes halogenated alkanes) is 1. The summed E-state index contributed by atoms with van der Waals surface area (Å²) in [6.45, 7) is 0.555. The zero-order chi connectivity index (χ0) is 24.1. The molecule has 31 heavy (non-hydrogen) atoms. The highest BCUT2D eigenvalue weighted by Crippen LogP contribution is 2.03. The normalized spacial score (nSPS) is 15.6. The van der Waals surface area contributed by atoms with E-state index in [-0.39, 0.29) is 6.42 Å². The maximum absolute atomic E-state index is 12.6. The van der Waals surface area contributed by atoms with Crippen molar-refractivity contribution in [2.45, 2.75) is 62.9 Å². The minimum atomic E-state index is -1.67. The van der Waals surface area contributed by atoms with Crippen molar-refractivity contribution in [1.29, 1.82) is 0 Å². The first-order valence-corrected chi connectivity index (χ1v) is 9.54. The number of hydrogen-bond acceptors (Lipinski definition) is 9. The Morgan fingerprint density at radius 1 is 0.903 bits per heavy atom. The average molecular weight is 449 g/mol. The van der Waals surface area contributed by atoms with Crippen LogP contribution in [0.3, 0.4) is 0 Å². The molecule has 0 saturated heterocycles. The summed E-state index contributed by atoms with van der Waals surface area (Å²) in [5.74, 6) is -5.69. The van der Waals surface area contributed by atoms with Gasteiger partial charge in [-0.2, -0.15) is 0 Å². The Labute approximate surface area is 178 Å². The fourth-order valence-corrected chi connectivity index (χ4v) is 2.43. The lowest BCUT2D eigenvalue weighted by Crippen LogP contribution is -2.59. The third kappa shape index (κ3) is 10.7. The molecule has 5 unspecified atom stereocenters. The Bertz CT molecular complexity index is 643. The molecular formula is C17H31N5O9. The summed E-state index contributed by atoms with van der Waals surface area (Å²) in [6.07, 6.45) is -1.11. The van der Waals surface area contributed by atoms with Crippen molar-refractivity contribution >= 4 is 29.7 Å². The van der Waals surface area contributed by atoms with Crippen LogP contribution in [0.15, 0.2) is 0 Å². The summed E-state index contributed by atoms with van der Waals surface area (Å²) in [5.41, 5.74) is 10.9. The average Bonchev–Trinajstić information content (AvgIpc) is 2.67. The highest BCUT2D eigenvalue weighted by atomic mass is 16.4. The lowest BCUT2D eigenvalue weighted by molar-refractivity contribution is -0.145. The molecule has 0 aliphatic rings. The molecule has 0 aromatic carbocycles. The number of aliphatic hydroxyl groups excluding tert-OH is 2. The molecule has 0 rings (SSSR count). The summed E-state index contributed by atoms with van der Waals surface area (Å²) in [6, 6.07) is -5.88. The van der Waals surface area contributed by atoms with Crippen LogP contribution in [0.5, 0.6) is 0 Å². The maximum Gasteiger partial charge on any atom is 0.328 e. The molecular weight excluding hydrogens is 418 g/mol. The van der Waals surface area contributed by atoms with Crippen molar-refractivity contribution in [3.8, 4) is 0 Å². The smallest absolute Gasteiger partial charge is 0.328 e. The van der Waals surface area contributed by atoms with Crippen LogP contribution in [0, 0.1) is 0 Å². The first-order valence-electron chi connectivity index (χ1n) is 9.54. The van der Waals surface area contributed by atoms with E-state index in [0.29, 0.717) is 19.4 Å². The number of carbonyl (C=O) groups is 5. The van der Waals surface area contributed by atoms with Gasteiger partial charge in [0.2, 0.25) is 17.7 Å². The van der Waals surface area contributed by atoms with Crippen LogP contribution < -0.4 is 27.4 Å². The monoisotopic (exact) mass is 449 g/mol. The topological polar surface area (TPSA) is 254 Å². The van der Waals surface area contributed by atoms with Crippen molar-refractivity contribution < 1.29 is 44.4 Å². The fraction of sp³-hybridized carbons (Fsp3) is 0.706. The number of carboxylic acids is 2. The summed E-state index contributed by atoms with van der Waals surface area (Å²) < 4.78 is 0. The first kappa shape index (κ1) is 28.2. The Hall–Kier alpha value is -2.81. The van der Waals surface area contributed by atoms with Gasteiger partial charge in [0, 0.05) is 0 Å². The highest BCUT2D eigenvalue weighted by molar-refractivity contribution is 5.94. The van der Waals surface area contributed by atoms with Crippen LogP contribution >= 0.6 is 0 Å². The Morgan fingerprint density at radius 3 is 1.90 bits per heavy atom. The molecule has 178 valence electrons. The summed E-state index contributed by atoms with van der Waals surface area (Å²) >= 11 is 0. The minimum Gasteiger partial charge on any atom is -0.481 e. The Kier molecular flexibility index (Phi) is 12.9. The molecule has 0 aliphatic heterocycles. The standard InChI is InChI=1S/C17H31N5O9/c1-8(24)13(17(30)31)22-16(29)11(7-23)21-15(28)10(4-2-3-5-18)20-14(27)9(19)6-12(25)26/h8-11,13,23-24H,2-7,18-19H2,1H3,(H,20,27)(H,21,28)(H,22,29)(H,25,26)(H,30,31). The molecule has 0 heterocycles. The zero-order valence-electron chi connectivity index (χ0n) is 17.1. The molecule has 0 aromatic heterocycles. The van der Waals surface area contributed by atoms with Crippen LogP contribution in [0.25, 0.3) is 0 Å². The van der Waals surface area contributed by atoms with E-state index in [9.17, 15) is 34.2 Å². The van der Waals surface area contributed by atoms with Crippen LogP contribution in [0.2, 0.25) is 0 Å². The van der Waals surface area contributed by atoms with E-state index >= 15 is 0 Å². The van der Waals surface area contributed by atoms with Gasteiger partial charge in [-0.15, -0.1) is 0 Å². The number of hydrogen-bond donors (Lipinski definition) is 9. The molecule has 5 atom stereocenters. The predicted octanol–water partition coefficient (Wildman–Crippen LogP) is -4.17. The first-order chi connectivity index (χ1) is 14.4. The second-order valence-electron chi connectivity index (χ2n) is 6.86. The third-order valence-corrected chi connectivity index (χ3v) is 4.17. The molecule has 0 aliphatic carbocycles.